The van der Waals surface area contributed by atoms with Gasteiger partial charge in [0.05, 0.1) is 0 Å². The summed E-state index contributed by atoms with van der Waals surface area (Å²) in [5.74, 6) is 0. The van der Waals surface area contributed by atoms with Crippen molar-refractivity contribution < 1.29 is 9.05 Å². The van der Waals surface area contributed by atoms with Gasteiger partial charge in [-0.2, -0.15) is 0 Å². The molecule has 148 valence electrons. The maximum atomic E-state index is 6.04. The average Bonchev–Trinajstić information content (AvgIpc) is 2.55. The predicted octanol–water partition coefficient (Wildman–Crippen LogP) is 3.49. The molecule has 1 aliphatic heterocycles. The Morgan fingerprint density at radius 1 is 1.08 bits per heavy atom. The molecule has 4 nitrogen and oxygen atoms in total. The van der Waals surface area contributed by atoms with Gasteiger partial charge in [-0.25, -0.2) is 0 Å². The molecular formula is C18H31N2O2PS2Se. The molecule has 1 aliphatic rings. The number of rotatable bonds is 9. The van der Waals surface area contributed by atoms with E-state index in [4.69, 9.17) is 20.9 Å². The van der Waals surface area contributed by atoms with Crippen molar-refractivity contribution in [3.63, 3.8) is 0 Å². The van der Waals surface area contributed by atoms with Gasteiger partial charge in [0.15, 0.2) is 0 Å². The molecule has 1 aromatic rings. The first kappa shape index (κ1) is 22.9. The zero-order chi connectivity index (χ0) is 19.2. The molecule has 2 rings (SSSR count). The van der Waals surface area contributed by atoms with Crippen LogP contribution in [0.3, 0.4) is 0 Å². The van der Waals surface area contributed by atoms with Gasteiger partial charge in [-0.15, -0.1) is 0 Å². The summed E-state index contributed by atoms with van der Waals surface area (Å²) in [6.45, 7) is 13.7. The minimum atomic E-state index is -2.31. The molecule has 1 aromatic carbocycles. The fourth-order valence-electron chi connectivity index (χ4n) is 2.62. The topological polar surface area (TPSA) is 24.9 Å². The molecule has 0 spiro atoms. The molecule has 0 saturated carbocycles. The summed E-state index contributed by atoms with van der Waals surface area (Å²) in [4.78, 5) is 4.94. The van der Waals surface area contributed by atoms with Crippen LogP contribution < -0.4 is 4.46 Å². The molecule has 0 atom stereocenters. The van der Waals surface area contributed by atoms with Gasteiger partial charge in [-0.05, 0) is 0 Å². The van der Waals surface area contributed by atoms with Crippen molar-refractivity contribution in [1.82, 2.24) is 9.80 Å². The van der Waals surface area contributed by atoms with Gasteiger partial charge in [0.2, 0.25) is 0 Å². The third-order valence-electron chi connectivity index (χ3n) is 3.86. The van der Waals surface area contributed by atoms with Gasteiger partial charge < -0.3 is 0 Å². The van der Waals surface area contributed by atoms with Gasteiger partial charge in [0, 0.05) is 0 Å². The summed E-state index contributed by atoms with van der Waals surface area (Å²) in [7, 11) is 3.92. The Balaban J connectivity index is 2.03. The Morgan fingerprint density at radius 3 is 2.23 bits per heavy atom. The molecule has 0 unspecified atom stereocenters. The summed E-state index contributed by atoms with van der Waals surface area (Å²) >= 11 is 5.98. The fraction of sp³-hybridized carbons (Fsp3) is 0.667. The third-order valence-corrected chi connectivity index (χ3v) is 17.1. The van der Waals surface area contributed by atoms with E-state index in [2.05, 4.69) is 41.1 Å². The first-order valence-electron chi connectivity index (χ1n) is 9.09. The van der Waals surface area contributed by atoms with E-state index in [1.54, 1.807) is 9.80 Å². The fourth-order valence-corrected chi connectivity index (χ4v) is 14.4. The number of hydrogen-bond acceptors (Lipinski definition) is 6. The number of nitrogens with zero attached hydrogens (tertiary/aromatic N) is 2. The number of likely N-dealkylation sites (N-methyl/N-ethyl adjacent to an activating group) is 1. The van der Waals surface area contributed by atoms with Gasteiger partial charge in [-0.3, -0.25) is 0 Å². The quantitative estimate of drug-likeness (QED) is 0.396. The number of hydrogen-bond donors (Lipinski definition) is 0. The number of piperazine rings is 1. The van der Waals surface area contributed by atoms with Crippen LogP contribution in [0.25, 0.3) is 0 Å². The molecule has 0 bridgehead atoms. The van der Waals surface area contributed by atoms with Crippen LogP contribution in [0.1, 0.15) is 33.3 Å². The summed E-state index contributed by atoms with van der Waals surface area (Å²) in [5.41, 5.74) is -0.893. The van der Waals surface area contributed by atoms with Crippen LogP contribution in [0.4, 0.5) is 0 Å². The van der Waals surface area contributed by atoms with E-state index >= 15 is 0 Å². The molecule has 0 N–H and O–H groups in total. The van der Waals surface area contributed by atoms with Gasteiger partial charge in [0.25, 0.3) is 0 Å². The van der Waals surface area contributed by atoms with E-state index in [1.165, 1.54) is 10.0 Å². The van der Waals surface area contributed by atoms with Crippen molar-refractivity contribution in [2.75, 3.05) is 33.2 Å². The van der Waals surface area contributed by atoms with Crippen LogP contribution in [0.2, 0.25) is 0 Å². The molecular weight excluding hydrogens is 450 g/mol. The van der Waals surface area contributed by atoms with E-state index in [0.29, 0.717) is 0 Å². The zero-order valence-corrected chi connectivity index (χ0v) is 20.6. The van der Waals surface area contributed by atoms with Crippen LogP contribution in [-0.2, 0) is 27.4 Å². The summed E-state index contributed by atoms with van der Waals surface area (Å²) in [6, 6.07) is 8.76. The van der Waals surface area contributed by atoms with E-state index in [9.17, 15) is 0 Å². The van der Waals surface area contributed by atoms with Crippen LogP contribution in [-0.4, -0.2) is 69.1 Å². The molecule has 0 amide bonds. The maximum absolute atomic E-state index is 6.04. The summed E-state index contributed by atoms with van der Waals surface area (Å²) in [6.07, 6.45) is 0.173. The Kier molecular flexibility index (Phi) is 9.62. The molecule has 0 radical (unpaired) electrons. The first-order valence-corrected chi connectivity index (χ1v) is 16.0. The van der Waals surface area contributed by atoms with Gasteiger partial charge in [-0.1, -0.05) is 0 Å². The molecule has 1 saturated heterocycles. The van der Waals surface area contributed by atoms with Gasteiger partial charge in [0.1, 0.15) is 0 Å². The Hall–Kier alpha value is 0.579. The minimum absolute atomic E-state index is 0.0865. The Morgan fingerprint density at radius 2 is 1.65 bits per heavy atom. The second-order valence-electron chi connectivity index (χ2n) is 7.10. The van der Waals surface area contributed by atoms with Crippen molar-refractivity contribution in [2.45, 2.75) is 46.4 Å². The SMILES string of the molecule is CC(C)OP(=S)(OC(C)C)S[Se]c1ccccc1CN1CCN(C)CC1. The van der Waals surface area contributed by atoms with Crippen molar-refractivity contribution in [3.8, 4) is 0 Å². The second kappa shape index (κ2) is 10.9. The molecule has 0 aliphatic carbocycles. The Bertz CT molecular complexity index is 597. The van der Waals surface area contributed by atoms with Gasteiger partial charge >= 0.3 is 174 Å². The zero-order valence-electron chi connectivity index (χ0n) is 16.4. The van der Waals surface area contributed by atoms with Crippen molar-refractivity contribution in [1.29, 1.82) is 0 Å². The molecule has 8 heteroatoms. The Labute approximate surface area is 173 Å². The average molecular weight is 482 g/mol. The van der Waals surface area contributed by atoms with Crippen molar-refractivity contribution in [2.24, 2.45) is 0 Å². The van der Waals surface area contributed by atoms with E-state index in [1.807, 2.05) is 27.7 Å². The summed E-state index contributed by atoms with van der Waals surface area (Å²) in [5, 5.41) is 0. The summed E-state index contributed by atoms with van der Waals surface area (Å²) < 4.78 is 13.5. The normalized spacial score (nSPS) is 17.3. The van der Waals surface area contributed by atoms with E-state index in [0.717, 1.165) is 32.7 Å². The third kappa shape index (κ3) is 7.90. The van der Waals surface area contributed by atoms with Crippen LogP contribution in [0, 0.1) is 0 Å². The van der Waals surface area contributed by atoms with Crippen molar-refractivity contribution in [3.05, 3.63) is 29.8 Å². The van der Waals surface area contributed by atoms with Crippen LogP contribution in [0.15, 0.2) is 24.3 Å². The number of benzene rings is 1. The standard InChI is InChI=1S/C18H31N2O2PS2Se/c1-15(2)21-23(24,22-16(3)4)25-26-18-9-7-6-8-17(18)14-20-12-10-19(5)11-13-20/h6-9,15-16H,10-14H2,1-5H3. The molecule has 1 heterocycles. The predicted molar refractivity (Wildman–Crippen MR) is 119 cm³/mol. The molecule has 1 fully saturated rings. The van der Waals surface area contributed by atoms with E-state index < -0.39 is 5.69 Å². The van der Waals surface area contributed by atoms with Crippen molar-refractivity contribution >= 4 is 45.6 Å². The monoisotopic (exact) mass is 482 g/mol. The first-order chi connectivity index (χ1) is 12.3. The second-order valence-corrected chi connectivity index (χ2v) is 17.5. The molecule has 26 heavy (non-hydrogen) atoms. The van der Waals surface area contributed by atoms with Crippen LogP contribution >= 0.6 is 15.5 Å². The van der Waals surface area contributed by atoms with Crippen LogP contribution in [0.5, 0.6) is 0 Å². The van der Waals surface area contributed by atoms with E-state index in [-0.39, 0.29) is 26.0 Å². The molecule has 0 aromatic heterocycles.